The number of nitrogens with two attached hydrogens (primary N) is 1. The Balaban J connectivity index is 2.07. The molecule has 32 heavy (non-hydrogen) atoms. The number of aromatic hydroxyl groups is 1. The Hall–Kier alpha value is -3.21. The molecule has 0 aliphatic heterocycles. The molecule has 4 rings (SSSR count). The molecular formula is C22H24N2O8. The summed E-state index contributed by atoms with van der Waals surface area (Å²) in [4.78, 5) is 40.0. The first kappa shape index (κ1) is 22.0. The minimum atomic E-state index is -2.89. The van der Waals surface area contributed by atoms with Crippen LogP contribution in [0.15, 0.2) is 35.1 Å². The Bertz CT molecular complexity index is 1140. The van der Waals surface area contributed by atoms with Crippen molar-refractivity contribution in [2.24, 2.45) is 17.6 Å². The number of fused-ring (bicyclic) bond motifs is 3. The molecule has 0 aromatic heterocycles. The summed E-state index contributed by atoms with van der Waals surface area (Å²) < 4.78 is 0. The maximum absolute atomic E-state index is 13.7. The van der Waals surface area contributed by atoms with Gasteiger partial charge in [-0.3, -0.25) is 19.3 Å². The first-order chi connectivity index (χ1) is 14.9. The van der Waals surface area contributed by atoms with Crippen molar-refractivity contribution in [3.63, 3.8) is 0 Å². The van der Waals surface area contributed by atoms with Gasteiger partial charge >= 0.3 is 0 Å². The fraction of sp³-hybridized carbons (Fsp3) is 0.409. The summed E-state index contributed by atoms with van der Waals surface area (Å²) >= 11 is 0. The molecule has 0 saturated heterocycles. The third-order valence-corrected chi connectivity index (χ3v) is 6.99. The SMILES string of the molecule is C[C@H]1c2cccc(O)c2C(O)=C2C(=O)[C@@]3(O)C(O)=C(C(N)=O)C(=O)[C@@H](N(C)C)C3C(O)C21. The Morgan fingerprint density at radius 1 is 1.16 bits per heavy atom. The fourth-order valence-corrected chi connectivity index (χ4v) is 5.58. The summed E-state index contributed by atoms with van der Waals surface area (Å²) in [6.45, 7) is 1.68. The molecule has 3 unspecified atom stereocenters. The molecular weight excluding hydrogens is 420 g/mol. The van der Waals surface area contributed by atoms with Gasteiger partial charge in [0.15, 0.2) is 11.4 Å². The average Bonchev–Trinajstić information content (AvgIpc) is 2.70. The number of rotatable bonds is 2. The van der Waals surface area contributed by atoms with Crippen LogP contribution in [0.3, 0.4) is 0 Å². The second-order valence-corrected chi connectivity index (χ2v) is 8.79. The summed E-state index contributed by atoms with van der Waals surface area (Å²) in [6.07, 6.45) is -1.59. The predicted octanol–water partition coefficient (Wildman–Crippen LogP) is -0.504. The molecule has 170 valence electrons. The Kier molecular flexibility index (Phi) is 4.74. The van der Waals surface area contributed by atoms with Crippen LogP contribution in [0.25, 0.3) is 5.76 Å². The zero-order chi connectivity index (χ0) is 23.9. The van der Waals surface area contributed by atoms with Gasteiger partial charge in [-0.25, -0.2) is 0 Å². The highest BCUT2D eigenvalue weighted by Gasteiger charge is 2.68. The van der Waals surface area contributed by atoms with Crippen molar-refractivity contribution in [1.29, 1.82) is 0 Å². The number of likely N-dealkylation sites (N-methyl/N-ethyl adjacent to an activating group) is 1. The molecule has 1 amide bonds. The van der Waals surface area contributed by atoms with Gasteiger partial charge in [0.05, 0.1) is 23.6 Å². The minimum absolute atomic E-state index is 0.0245. The molecule has 0 radical (unpaired) electrons. The van der Waals surface area contributed by atoms with Gasteiger partial charge in [-0.1, -0.05) is 19.1 Å². The van der Waals surface area contributed by atoms with E-state index in [-0.39, 0.29) is 11.3 Å². The highest BCUT2D eigenvalue weighted by molar-refractivity contribution is 6.24. The van der Waals surface area contributed by atoms with Gasteiger partial charge in [0.2, 0.25) is 5.78 Å². The smallest absolute Gasteiger partial charge is 0.255 e. The van der Waals surface area contributed by atoms with Crippen LogP contribution >= 0.6 is 0 Å². The third-order valence-electron chi connectivity index (χ3n) is 6.99. The average molecular weight is 444 g/mol. The second kappa shape index (κ2) is 6.89. The van der Waals surface area contributed by atoms with E-state index < -0.39 is 75.6 Å². The lowest BCUT2D eigenvalue weighted by Crippen LogP contribution is -2.70. The van der Waals surface area contributed by atoms with Crippen molar-refractivity contribution in [3.8, 4) is 5.75 Å². The molecule has 0 heterocycles. The maximum Gasteiger partial charge on any atom is 0.255 e. The van der Waals surface area contributed by atoms with Crippen molar-refractivity contribution in [2.45, 2.75) is 30.6 Å². The number of hydrogen-bond donors (Lipinski definition) is 6. The predicted molar refractivity (Wildman–Crippen MR) is 110 cm³/mol. The zero-order valence-corrected chi connectivity index (χ0v) is 17.6. The number of carbonyl (C=O) groups is 3. The molecule has 7 N–H and O–H groups in total. The maximum atomic E-state index is 13.7. The van der Waals surface area contributed by atoms with Crippen LogP contribution in [-0.2, 0) is 14.4 Å². The molecule has 6 atom stereocenters. The number of carbonyl (C=O) groups excluding carboxylic acids is 3. The van der Waals surface area contributed by atoms with Crippen LogP contribution in [0.5, 0.6) is 5.75 Å². The van der Waals surface area contributed by atoms with Gasteiger partial charge in [0, 0.05) is 11.5 Å². The lowest BCUT2D eigenvalue weighted by molar-refractivity contribution is -0.169. The Morgan fingerprint density at radius 2 is 1.78 bits per heavy atom. The van der Waals surface area contributed by atoms with Gasteiger partial charge in [0.25, 0.3) is 5.91 Å². The molecule has 1 fully saturated rings. The third kappa shape index (κ3) is 2.48. The molecule has 10 heteroatoms. The quantitative estimate of drug-likeness (QED) is 0.327. The van der Waals surface area contributed by atoms with Crippen LogP contribution in [-0.4, -0.2) is 79.7 Å². The number of phenolic OH excluding ortho intramolecular Hbond substituents is 1. The van der Waals surface area contributed by atoms with E-state index in [1.807, 2.05) is 0 Å². The number of Topliss-reactive ketones (excluding diaryl/α,β-unsaturated/α-hetero) is 2. The van der Waals surface area contributed by atoms with Crippen LogP contribution in [0.2, 0.25) is 0 Å². The summed E-state index contributed by atoms with van der Waals surface area (Å²) in [7, 11) is 2.92. The first-order valence-corrected chi connectivity index (χ1v) is 10.0. The number of aliphatic hydroxyl groups is 4. The van der Waals surface area contributed by atoms with Gasteiger partial charge < -0.3 is 31.3 Å². The number of amides is 1. The van der Waals surface area contributed by atoms with Gasteiger partial charge in [-0.2, -0.15) is 0 Å². The van der Waals surface area contributed by atoms with E-state index in [0.29, 0.717) is 5.56 Å². The van der Waals surface area contributed by atoms with Crippen molar-refractivity contribution in [2.75, 3.05) is 14.1 Å². The largest absolute Gasteiger partial charge is 0.508 e. The molecule has 1 aromatic rings. The summed E-state index contributed by atoms with van der Waals surface area (Å²) in [5.74, 6) is -8.87. The highest BCUT2D eigenvalue weighted by atomic mass is 16.4. The number of aliphatic hydroxyl groups excluding tert-OH is 3. The monoisotopic (exact) mass is 444 g/mol. The Morgan fingerprint density at radius 3 is 2.34 bits per heavy atom. The minimum Gasteiger partial charge on any atom is -0.508 e. The molecule has 3 aliphatic rings. The van der Waals surface area contributed by atoms with Crippen molar-refractivity contribution >= 4 is 23.2 Å². The fourth-order valence-electron chi connectivity index (χ4n) is 5.58. The van der Waals surface area contributed by atoms with Crippen LogP contribution in [0.1, 0.15) is 24.0 Å². The normalized spacial score (nSPS) is 34.4. The number of ketones is 2. The molecule has 1 saturated carbocycles. The van der Waals surface area contributed by atoms with E-state index in [0.717, 1.165) is 0 Å². The number of primary amides is 1. The standard InChI is InChI=1S/C22H24N2O8/c1-7-8-5-4-6-9(25)11(8)16(26)12-10(7)17(27)14-15(24(2)3)18(28)13(21(23)31)20(30)22(14,32)19(12)29/h4-7,10,14-15,17,25-27,30,32H,1-3H3,(H2,23,31)/t7-,10?,14?,15-,17?,22+/m0/s1. The number of nitrogens with zero attached hydrogens (tertiary/aromatic N) is 1. The van der Waals surface area contributed by atoms with Gasteiger partial charge in [-0.05, 0) is 31.6 Å². The first-order valence-electron chi connectivity index (χ1n) is 10.0. The number of benzene rings is 1. The van der Waals surface area contributed by atoms with Gasteiger partial charge in [0.1, 0.15) is 22.8 Å². The Labute approximate surface area is 182 Å². The zero-order valence-electron chi connectivity index (χ0n) is 17.6. The van der Waals surface area contributed by atoms with E-state index in [1.165, 1.54) is 25.1 Å². The molecule has 3 aliphatic carbocycles. The van der Waals surface area contributed by atoms with Crippen molar-refractivity contribution < 1.29 is 39.9 Å². The van der Waals surface area contributed by atoms with Gasteiger partial charge in [-0.15, -0.1) is 0 Å². The van der Waals surface area contributed by atoms with Crippen LogP contribution in [0.4, 0.5) is 0 Å². The van der Waals surface area contributed by atoms with Crippen LogP contribution in [0, 0.1) is 11.8 Å². The van der Waals surface area contributed by atoms with Crippen molar-refractivity contribution in [3.05, 3.63) is 46.2 Å². The summed E-state index contributed by atoms with van der Waals surface area (Å²) in [5, 5.41) is 54.9. The number of hydrogen-bond acceptors (Lipinski definition) is 9. The molecule has 1 aromatic carbocycles. The number of phenols is 1. The topological polar surface area (TPSA) is 182 Å². The molecule has 0 spiro atoms. The lowest BCUT2D eigenvalue weighted by atomic mass is 9.54. The highest BCUT2D eigenvalue weighted by Crippen LogP contribution is 2.55. The lowest BCUT2D eigenvalue weighted by Gasteiger charge is -2.53. The van der Waals surface area contributed by atoms with E-state index >= 15 is 0 Å². The summed E-state index contributed by atoms with van der Waals surface area (Å²) in [6, 6.07) is 3.13. The second-order valence-electron chi connectivity index (χ2n) is 8.79. The molecule has 0 bridgehead atoms. The van der Waals surface area contributed by atoms with E-state index in [4.69, 9.17) is 5.73 Å². The summed E-state index contributed by atoms with van der Waals surface area (Å²) in [5.41, 5.74) is 1.47. The van der Waals surface area contributed by atoms with E-state index in [2.05, 4.69) is 0 Å². The van der Waals surface area contributed by atoms with E-state index in [1.54, 1.807) is 19.1 Å². The molecule has 10 nitrogen and oxygen atoms in total. The van der Waals surface area contributed by atoms with E-state index in [9.17, 15) is 39.9 Å². The van der Waals surface area contributed by atoms with Crippen LogP contribution < -0.4 is 5.73 Å². The van der Waals surface area contributed by atoms with Crippen molar-refractivity contribution in [1.82, 2.24) is 4.90 Å².